The summed E-state index contributed by atoms with van der Waals surface area (Å²) in [5.41, 5.74) is 1.06. The monoisotopic (exact) mass is 335 g/mol. The van der Waals surface area contributed by atoms with Crippen LogP contribution in [0.2, 0.25) is 0 Å². The van der Waals surface area contributed by atoms with Crippen molar-refractivity contribution in [3.63, 3.8) is 0 Å². The van der Waals surface area contributed by atoms with Gasteiger partial charge in [-0.3, -0.25) is 0 Å². The molecule has 6 nitrogen and oxygen atoms in total. The minimum absolute atomic E-state index is 0.00292. The molecule has 0 atom stereocenters. The predicted octanol–water partition coefficient (Wildman–Crippen LogP) is 2.39. The molecule has 2 heterocycles. The van der Waals surface area contributed by atoms with Gasteiger partial charge in [-0.15, -0.1) is 0 Å². The van der Waals surface area contributed by atoms with Gasteiger partial charge < -0.3 is 4.42 Å². The van der Waals surface area contributed by atoms with Gasteiger partial charge in [0.25, 0.3) is 0 Å². The second-order valence-corrected chi connectivity index (χ2v) is 6.75. The van der Waals surface area contributed by atoms with Gasteiger partial charge in [0.15, 0.2) is 0 Å². The van der Waals surface area contributed by atoms with E-state index in [1.165, 1.54) is 23.1 Å². The van der Waals surface area contributed by atoms with E-state index >= 15 is 0 Å². The van der Waals surface area contributed by atoms with Crippen LogP contribution in [0.4, 0.5) is 4.39 Å². The molecule has 23 heavy (non-hydrogen) atoms. The molecule has 0 saturated heterocycles. The van der Waals surface area contributed by atoms with Gasteiger partial charge in [-0.05, 0) is 42.8 Å². The summed E-state index contributed by atoms with van der Waals surface area (Å²) >= 11 is 0. The molecule has 0 radical (unpaired) electrons. The third-order valence-corrected chi connectivity index (χ3v) is 4.60. The highest BCUT2D eigenvalue weighted by atomic mass is 32.2. The second kappa shape index (κ2) is 5.98. The molecule has 0 aliphatic rings. The minimum Gasteiger partial charge on any atom is -0.468 e. The number of rotatable bonds is 5. The lowest BCUT2D eigenvalue weighted by molar-refractivity contribution is 0.498. The largest absolute Gasteiger partial charge is 0.468 e. The number of sulfonamides is 1. The Kier molecular flexibility index (Phi) is 4.01. The number of hydrogen-bond donors (Lipinski definition) is 1. The first-order chi connectivity index (χ1) is 11.0. The van der Waals surface area contributed by atoms with Crippen LogP contribution in [-0.2, 0) is 16.6 Å². The van der Waals surface area contributed by atoms with Crippen LogP contribution in [0.3, 0.4) is 0 Å². The fraction of sp³-hybridized carbons (Fsp3) is 0.133. The third-order valence-electron chi connectivity index (χ3n) is 3.20. The highest BCUT2D eigenvalue weighted by Gasteiger charge is 2.17. The molecule has 2 aromatic heterocycles. The van der Waals surface area contributed by atoms with Gasteiger partial charge in [0.1, 0.15) is 17.3 Å². The van der Waals surface area contributed by atoms with E-state index in [1.807, 2.05) is 6.92 Å². The van der Waals surface area contributed by atoms with Gasteiger partial charge >= 0.3 is 0 Å². The maximum absolute atomic E-state index is 14.2. The molecule has 1 N–H and O–H groups in total. The number of hydrogen-bond acceptors (Lipinski definition) is 4. The first-order valence-electron chi connectivity index (χ1n) is 6.79. The van der Waals surface area contributed by atoms with E-state index in [9.17, 15) is 12.8 Å². The van der Waals surface area contributed by atoms with Crippen molar-refractivity contribution >= 4 is 10.0 Å². The fourth-order valence-electron chi connectivity index (χ4n) is 2.05. The quantitative estimate of drug-likeness (QED) is 0.777. The first-order valence-corrected chi connectivity index (χ1v) is 8.27. The SMILES string of the molecule is Cc1cnn(-c2ccc(S(=O)(=O)NCc3ccco3)cc2F)c1. The van der Waals surface area contributed by atoms with Crippen LogP contribution in [0.15, 0.2) is 58.3 Å². The van der Waals surface area contributed by atoms with Crippen molar-refractivity contribution in [1.29, 1.82) is 0 Å². The number of aromatic nitrogens is 2. The van der Waals surface area contributed by atoms with Crippen LogP contribution in [0, 0.1) is 12.7 Å². The Morgan fingerprint density at radius 2 is 2.17 bits per heavy atom. The van der Waals surface area contributed by atoms with Crippen LogP contribution in [0.5, 0.6) is 0 Å². The average Bonchev–Trinajstić information content (AvgIpc) is 3.16. The van der Waals surface area contributed by atoms with Crippen LogP contribution in [0.1, 0.15) is 11.3 Å². The van der Waals surface area contributed by atoms with Crippen molar-refractivity contribution in [2.45, 2.75) is 18.4 Å². The Morgan fingerprint density at radius 3 is 2.78 bits per heavy atom. The summed E-state index contributed by atoms with van der Waals surface area (Å²) in [4.78, 5) is -0.158. The number of aryl methyl sites for hydroxylation is 1. The summed E-state index contributed by atoms with van der Waals surface area (Å²) in [5, 5.41) is 4.01. The maximum atomic E-state index is 14.2. The summed E-state index contributed by atoms with van der Waals surface area (Å²) in [6.07, 6.45) is 4.70. The van der Waals surface area contributed by atoms with Gasteiger partial charge in [0.05, 0.1) is 23.9 Å². The van der Waals surface area contributed by atoms with E-state index in [2.05, 4.69) is 9.82 Å². The second-order valence-electron chi connectivity index (χ2n) is 4.98. The van der Waals surface area contributed by atoms with E-state index in [1.54, 1.807) is 24.5 Å². The Balaban J connectivity index is 1.84. The molecule has 0 aliphatic carbocycles. The molecule has 3 rings (SSSR count). The van der Waals surface area contributed by atoms with Gasteiger partial charge in [-0.1, -0.05) is 0 Å². The lowest BCUT2D eigenvalue weighted by Gasteiger charge is -2.08. The molecule has 0 spiro atoms. The Hall–Kier alpha value is -2.45. The summed E-state index contributed by atoms with van der Waals surface area (Å²) in [6, 6.07) is 6.98. The Bertz CT molecular complexity index is 917. The lowest BCUT2D eigenvalue weighted by Crippen LogP contribution is -2.23. The molecule has 120 valence electrons. The molecule has 8 heteroatoms. The van der Waals surface area contributed by atoms with Crippen molar-refractivity contribution in [3.8, 4) is 5.69 Å². The number of nitrogens with zero attached hydrogens (tertiary/aromatic N) is 2. The van der Waals surface area contributed by atoms with Crippen molar-refractivity contribution in [2.75, 3.05) is 0 Å². The molecule has 0 amide bonds. The van der Waals surface area contributed by atoms with Crippen molar-refractivity contribution in [3.05, 3.63) is 66.1 Å². The fourth-order valence-corrected chi connectivity index (χ4v) is 3.05. The van der Waals surface area contributed by atoms with E-state index in [0.717, 1.165) is 11.6 Å². The minimum atomic E-state index is -3.83. The molecule has 0 aliphatic heterocycles. The van der Waals surface area contributed by atoms with Gasteiger partial charge in [-0.25, -0.2) is 22.2 Å². The smallest absolute Gasteiger partial charge is 0.241 e. The normalized spacial score (nSPS) is 11.7. The molecule has 1 aromatic carbocycles. The zero-order valence-electron chi connectivity index (χ0n) is 12.2. The van der Waals surface area contributed by atoms with Crippen LogP contribution in [0.25, 0.3) is 5.69 Å². The highest BCUT2D eigenvalue weighted by molar-refractivity contribution is 7.89. The van der Waals surface area contributed by atoms with E-state index in [4.69, 9.17) is 4.42 Å². The summed E-state index contributed by atoms with van der Waals surface area (Å²) in [7, 11) is -3.83. The van der Waals surface area contributed by atoms with Crippen LogP contribution < -0.4 is 4.72 Å². The lowest BCUT2D eigenvalue weighted by atomic mass is 10.3. The maximum Gasteiger partial charge on any atom is 0.241 e. The van der Waals surface area contributed by atoms with Crippen molar-refractivity contribution in [2.24, 2.45) is 0 Å². The molecule has 3 aromatic rings. The number of nitrogens with one attached hydrogen (secondary N) is 1. The van der Waals surface area contributed by atoms with E-state index in [-0.39, 0.29) is 17.1 Å². The van der Waals surface area contributed by atoms with E-state index < -0.39 is 15.8 Å². The average molecular weight is 335 g/mol. The predicted molar refractivity (Wildman–Crippen MR) is 81.0 cm³/mol. The molecule has 0 saturated carbocycles. The van der Waals surface area contributed by atoms with Gasteiger partial charge in [0, 0.05) is 6.20 Å². The summed E-state index contributed by atoms with van der Waals surface area (Å²) in [5.74, 6) is -0.202. The summed E-state index contributed by atoms with van der Waals surface area (Å²) in [6.45, 7) is 1.83. The zero-order valence-corrected chi connectivity index (χ0v) is 13.0. The third kappa shape index (κ3) is 3.33. The van der Waals surface area contributed by atoms with Gasteiger partial charge in [-0.2, -0.15) is 5.10 Å². The Morgan fingerprint density at radius 1 is 1.35 bits per heavy atom. The Labute approximate surface area is 132 Å². The van der Waals surface area contributed by atoms with Crippen LogP contribution >= 0.6 is 0 Å². The number of furan rings is 1. The zero-order chi connectivity index (χ0) is 16.4. The molecular weight excluding hydrogens is 321 g/mol. The first kappa shape index (κ1) is 15.4. The number of halogens is 1. The van der Waals surface area contributed by atoms with Crippen molar-refractivity contribution < 1.29 is 17.2 Å². The van der Waals surface area contributed by atoms with E-state index in [0.29, 0.717) is 5.76 Å². The van der Waals surface area contributed by atoms with Crippen LogP contribution in [-0.4, -0.2) is 18.2 Å². The standard InChI is InChI=1S/C15H14FN3O3S/c1-11-8-17-19(10-11)15-5-4-13(7-14(15)16)23(20,21)18-9-12-3-2-6-22-12/h2-8,10,18H,9H2,1H3. The molecular formula is C15H14FN3O3S. The highest BCUT2D eigenvalue weighted by Crippen LogP contribution is 2.18. The number of benzene rings is 1. The topological polar surface area (TPSA) is 77.1 Å². The summed E-state index contributed by atoms with van der Waals surface area (Å²) < 4.78 is 47.4. The molecule has 0 unspecified atom stereocenters. The van der Waals surface area contributed by atoms with Gasteiger partial charge in [0.2, 0.25) is 10.0 Å². The molecule has 0 bridgehead atoms. The molecule has 0 fully saturated rings. The van der Waals surface area contributed by atoms with Crippen molar-refractivity contribution in [1.82, 2.24) is 14.5 Å².